The molecule has 1 saturated heterocycles. The summed E-state index contributed by atoms with van der Waals surface area (Å²) in [4.78, 5) is 42.5. The van der Waals surface area contributed by atoms with E-state index in [0.29, 0.717) is 38.6 Å². The van der Waals surface area contributed by atoms with E-state index in [1.807, 2.05) is 32.1 Å². The Morgan fingerprint density at radius 1 is 1.14 bits per heavy atom. The third kappa shape index (κ3) is 5.36. The van der Waals surface area contributed by atoms with Crippen molar-refractivity contribution in [2.45, 2.75) is 52.0 Å². The molecule has 7 nitrogen and oxygen atoms in total. The van der Waals surface area contributed by atoms with Crippen LogP contribution in [0.4, 0.5) is 4.39 Å². The van der Waals surface area contributed by atoms with E-state index in [2.05, 4.69) is 10.2 Å². The van der Waals surface area contributed by atoms with Crippen LogP contribution in [0.2, 0.25) is 0 Å². The summed E-state index contributed by atoms with van der Waals surface area (Å²) >= 11 is 0. The van der Waals surface area contributed by atoms with Crippen LogP contribution in [0.5, 0.6) is 0 Å². The number of aromatic amines is 1. The molecule has 0 unspecified atom stereocenters. The lowest BCUT2D eigenvalue weighted by molar-refractivity contribution is -0.151. The van der Waals surface area contributed by atoms with E-state index in [-0.39, 0.29) is 41.3 Å². The molecule has 0 radical (unpaired) electrons. The molecule has 0 spiro atoms. The fraction of sp³-hybridized carbons (Fsp3) is 0.481. The van der Waals surface area contributed by atoms with Crippen molar-refractivity contribution < 1.29 is 18.8 Å². The maximum Gasteiger partial charge on any atom is 0.245 e. The minimum Gasteiger partial charge on any atom is -0.344 e. The average Bonchev–Trinajstić information content (AvgIpc) is 3.41. The molecule has 1 aromatic heterocycles. The number of aryl methyl sites for hydroxylation is 1. The molecule has 1 aliphatic carbocycles. The van der Waals surface area contributed by atoms with Gasteiger partial charge in [-0.25, -0.2) is 4.39 Å². The molecule has 2 aliphatic rings. The SMILES string of the molecule is CC(C)C[C@H](C(=O)N(C)CCCc1cc(-c2ccc(F)cc2)n[nH]1)N1C(=O)[C@H]2CC=CC[C@@H]2C1=O. The molecule has 1 N–H and O–H groups in total. The van der Waals surface area contributed by atoms with E-state index in [4.69, 9.17) is 0 Å². The number of likely N-dealkylation sites (tertiary alicyclic amines) is 1. The molecule has 2 heterocycles. The standard InChI is InChI=1S/C27H33FN4O3/c1-17(2)15-24(32-25(33)21-8-4-5-9-22(21)26(32)34)27(35)31(3)14-6-7-20-16-23(30-29-20)18-10-12-19(28)13-11-18/h4-5,10-13,16-17,21-22,24H,6-9,14-15H2,1-3H3,(H,29,30)/t21-,22-,24+/m0/s1. The highest BCUT2D eigenvalue weighted by Crippen LogP contribution is 2.37. The summed E-state index contributed by atoms with van der Waals surface area (Å²) in [5.41, 5.74) is 2.49. The van der Waals surface area contributed by atoms with Gasteiger partial charge in [-0.1, -0.05) is 26.0 Å². The van der Waals surface area contributed by atoms with Gasteiger partial charge in [0.1, 0.15) is 11.9 Å². The molecular weight excluding hydrogens is 447 g/mol. The number of rotatable bonds is 9. The van der Waals surface area contributed by atoms with Crippen molar-refractivity contribution in [2.75, 3.05) is 13.6 Å². The maximum atomic E-state index is 13.4. The van der Waals surface area contributed by atoms with Gasteiger partial charge in [0.25, 0.3) is 0 Å². The Bertz CT molecular complexity index is 1080. The van der Waals surface area contributed by atoms with Crippen molar-refractivity contribution in [1.29, 1.82) is 0 Å². The number of amides is 3. The van der Waals surface area contributed by atoms with Gasteiger partial charge in [-0.2, -0.15) is 5.10 Å². The van der Waals surface area contributed by atoms with E-state index >= 15 is 0 Å². The molecule has 2 aromatic rings. The lowest BCUT2D eigenvalue weighted by atomic mass is 9.85. The molecule has 186 valence electrons. The number of nitrogens with zero attached hydrogens (tertiary/aromatic N) is 3. The fourth-order valence-corrected chi connectivity index (χ4v) is 5.03. The Morgan fingerprint density at radius 2 is 1.77 bits per heavy atom. The first-order chi connectivity index (χ1) is 16.8. The molecule has 1 aliphatic heterocycles. The van der Waals surface area contributed by atoms with Crippen LogP contribution in [0, 0.1) is 23.6 Å². The number of aromatic nitrogens is 2. The Balaban J connectivity index is 1.37. The summed E-state index contributed by atoms with van der Waals surface area (Å²) in [6, 6.07) is 7.34. The second-order valence-electron chi connectivity index (χ2n) is 10.00. The summed E-state index contributed by atoms with van der Waals surface area (Å²) in [5, 5.41) is 7.30. The van der Waals surface area contributed by atoms with E-state index in [9.17, 15) is 18.8 Å². The number of carbonyl (C=O) groups excluding carboxylic acids is 3. The highest BCUT2D eigenvalue weighted by molar-refractivity contribution is 6.08. The topological polar surface area (TPSA) is 86.4 Å². The number of carbonyl (C=O) groups is 3. The van der Waals surface area contributed by atoms with Crippen LogP contribution in [-0.4, -0.2) is 57.4 Å². The smallest absolute Gasteiger partial charge is 0.245 e. The molecule has 35 heavy (non-hydrogen) atoms. The number of fused-ring (bicyclic) bond motifs is 1. The molecular formula is C27H33FN4O3. The summed E-state index contributed by atoms with van der Waals surface area (Å²) in [5.74, 6) is -1.41. The summed E-state index contributed by atoms with van der Waals surface area (Å²) < 4.78 is 13.2. The summed E-state index contributed by atoms with van der Waals surface area (Å²) in [6.45, 7) is 4.48. The van der Waals surface area contributed by atoms with Gasteiger partial charge in [-0.05, 0) is 68.4 Å². The van der Waals surface area contributed by atoms with E-state index in [1.165, 1.54) is 17.0 Å². The number of allylic oxidation sites excluding steroid dienone is 2. The van der Waals surface area contributed by atoms with Crippen LogP contribution in [0.3, 0.4) is 0 Å². The summed E-state index contributed by atoms with van der Waals surface area (Å²) in [6.07, 6.45) is 6.87. The van der Waals surface area contributed by atoms with Gasteiger partial charge >= 0.3 is 0 Å². The predicted molar refractivity (Wildman–Crippen MR) is 130 cm³/mol. The molecule has 3 atom stereocenters. The summed E-state index contributed by atoms with van der Waals surface area (Å²) in [7, 11) is 1.73. The third-order valence-electron chi connectivity index (χ3n) is 6.92. The number of likely N-dealkylation sites (N-methyl/N-ethyl adjacent to an activating group) is 1. The molecule has 8 heteroatoms. The Hall–Kier alpha value is -3.29. The minimum absolute atomic E-state index is 0.161. The van der Waals surface area contributed by atoms with Crippen LogP contribution in [-0.2, 0) is 20.8 Å². The predicted octanol–water partition coefficient (Wildman–Crippen LogP) is 3.97. The van der Waals surface area contributed by atoms with Crippen molar-refractivity contribution in [3.8, 4) is 11.3 Å². The first-order valence-corrected chi connectivity index (χ1v) is 12.3. The maximum absolute atomic E-state index is 13.4. The Morgan fingerprint density at radius 3 is 2.37 bits per heavy atom. The fourth-order valence-electron chi connectivity index (χ4n) is 5.03. The average molecular weight is 481 g/mol. The number of nitrogens with one attached hydrogen (secondary N) is 1. The number of hydrogen-bond donors (Lipinski definition) is 1. The largest absolute Gasteiger partial charge is 0.344 e. The van der Waals surface area contributed by atoms with Crippen molar-refractivity contribution in [1.82, 2.24) is 20.0 Å². The minimum atomic E-state index is -0.761. The second-order valence-corrected chi connectivity index (χ2v) is 10.00. The molecule has 3 amide bonds. The van der Waals surface area contributed by atoms with Crippen molar-refractivity contribution >= 4 is 17.7 Å². The van der Waals surface area contributed by atoms with Gasteiger partial charge in [0.15, 0.2) is 0 Å². The second kappa shape index (κ2) is 10.5. The van der Waals surface area contributed by atoms with Gasteiger partial charge in [0.05, 0.1) is 17.5 Å². The zero-order valence-electron chi connectivity index (χ0n) is 20.5. The van der Waals surface area contributed by atoms with E-state index in [0.717, 1.165) is 17.0 Å². The van der Waals surface area contributed by atoms with Gasteiger partial charge in [-0.15, -0.1) is 0 Å². The number of benzene rings is 1. The van der Waals surface area contributed by atoms with E-state index < -0.39 is 6.04 Å². The van der Waals surface area contributed by atoms with Crippen LogP contribution in [0.15, 0.2) is 42.5 Å². The van der Waals surface area contributed by atoms with Gasteiger partial charge in [-0.3, -0.25) is 24.4 Å². The zero-order valence-corrected chi connectivity index (χ0v) is 20.5. The normalized spacial score (nSPS) is 20.4. The first-order valence-electron chi connectivity index (χ1n) is 12.3. The van der Waals surface area contributed by atoms with Gasteiger partial charge in [0.2, 0.25) is 17.7 Å². The van der Waals surface area contributed by atoms with Crippen molar-refractivity contribution in [3.05, 3.63) is 54.0 Å². The third-order valence-corrected chi connectivity index (χ3v) is 6.92. The van der Waals surface area contributed by atoms with Crippen molar-refractivity contribution in [2.24, 2.45) is 17.8 Å². The van der Waals surface area contributed by atoms with Crippen LogP contribution < -0.4 is 0 Å². The van der Waals surface area contributed by atoms with Crippen LogP contribution >= 0.6 is 0 Å². The van der Waals surface area contributed by atoms with Gasteiger partial charge in [0, 0.05) is 24.8 Å². The lowest BCUT2D eigenvalue weighted by Crippen LogP contribution is -2.51. The number of H-pyrrole nitrogens is 1. The molecule has 1 aromatic carbocycles. The zero-order chi connectivity index (χ0) is 25.1. The monoisotopic (exact) mass is 480 g/mol. The number of imide groups is 1. The number of halogens is 1. The van der Waals surface area contributed by atoms with E-state index in [1.54, 1.807) is 24.1 Å². The Kier molecular flexibility index (Phi) is 7.48. The molecule has 0 saturated carbocycles. The van der Waals surface area contributed by atoms with Crippen LogP contribution in [0.25, 0.3) is 11.3 Å². The first kappa shape index (κ1) is 24.8. The molecule has 1 fully saturated rings. The molecule has 4 rings (SSSR count). The lowest BCUT2D eigenvalue weighted by Gasteiger charge is -2.31. The number of hydrogen-bond acceptors (Lipinski definition) is 4. The van der Waals surface area contributed by atoms with Gasteiger partial charge < -0.3 is 4.90 Å². The molecule has 0 bridgehead atoms. The highest BCUT2D eigenvalue weighted by Gasteiger charge is 2.51. The van der Waals surface area contributed by atoms with Crippen molar-refractivity contribution in [3.63, 3.8) is 0 Å². The quantitative estimate of drug-likeness (QED) is 0.435. The van der Waals surface area contributed by atoms with Crippen LogP contribution in [0.1, 0.15) is 45.2 Å². The Labute approximate surface area is 205 Å². The highest BCUT2D eigenvalue weighted by atomic mass is 19.1.